The minimum atomic E-state index is -0.322. The number of amides is 2. The minimum Gasteiger partial charge on any atom is -0.398 e. The lowest BCUT2D eigenvalue weighted by Gasteiger charge is -2.19. The van der Waals surface area contributed by atoms with Gasteiger partial charge in [-0.2, -0.15) is 5.10 Å². The van der Waals surface area contributed by atoms with Crippen molar-refractivity contribution in [2.45, 2.75) is 12.5 Å². The van der Waals surface area contributed by atoms with Crippen LogP contribution in [0.15, 0.2) is 73.2 Å². The number of likely N-dealkylation sites (tertiary alicyclic amines) is 1. The highest BCUT2D eigenvalue weighted by Gasteiger charge is 2.29. The summed E-state index contributed by atoms with van der Waals surface area (Å²) >= 11 is 0. The number of benzene rings is 2. The van der Waals surface area contributed by atoms with E-state index in [2.05, 4.69) is 15.4 Å². The SMILES string of the molecule is Cn1cc(-c2cnc(N)c(C(=O)N[C@@H]3CCN(C(=O)c4ccc(-c5ccccc5)cc4N)C3)c2)cn1. The Labute approximate surface area is 208 Å². The Bertz CT molecular complexity index is 1430. The third kappa shape index (κ3) is 4.63. The van der Waals surface area contributed by atoms with Crippen molar-refractivity contribution < 1.29 is 9.59 Å². The number of anilines is 2. The summed E-state index contributed by atoms with van der Waals surface area (Å²) in [4.78, 5) is 32.1. The first kappa shape index (κ1) is 23.1. The van der Waals surface area contributed by atoms with Gasteiger partial charge in [-0.1, -0.05) is 36.4 Å². The van der Waals surface area contributed by atoms with Crippen molar-refractivity contribution >= 4 is 23.3 Å². The summed E-state index contributed by atoms with van der Waals surface area (Å²) in [6.45, 7) is 0.910. The molecule has 3 heterocycles. The van der Waals surface area contributed by atoms with Gasteiger partial charge in [-0.05, 0) is 35.7 Å². The zero-order valence-corrected chi connectivity index (χ0v) is 19.9. The molecule has 2 aromatic carbocycles. The number of rotatable bonds is 5. The van der Waals surface area contributed by atoms with Crippen LogP contribution < -0.4 is 16.8 Å². The molecule has 4 aromatic rings. The maximum Gasteiger partial charge on any atom is 0.256 e. The number of hydrogen-bond acceptors (Lipinski definition) is 6. The predicted octanol–water partition coefficient (Wildman–Crippen LogP) is 2.96. The summed E-state index contributed by atoms with van der Waals surface area (Å²) < 4.78 is 1.68. The summed E-state index contributed by atoms with van der Waals surface area (Å²) in [7, 11) is 1.82. The lowest BCUT2D eigenvalue weighted by atomic mass is 10.0. The van der Waals surface area contributed by atoms with Crippen LogP contribution in [-0.4, -0.2) is 50.6 Å². The zero-order valence-electron chi connectivity index (χ0n) is 19.9. The smallest absolute Gasteiger partial charge is 0.256 e. The fourth-order valence-electron chi connectivity index (χ4n) is 4.45. The number of nitrogens with one attached hydrogen (secondary N) is 1. The molecular weight excluding hydrogens is 454 g/mol. The van der Waals surface area contributed by atoms with E-state index in [1.54, 1.807) is 34.1 Å². The lowest BCUT2D eigenvalue weighted by Crippen LogP contribution is -2.39. The molecule has 0 aliphatic carbocycles. The van der Waals surface area contributed by atoms with Gasteiger partial charge >= 0.3 is 0 Å². The summed E-state index contributed by atoms with van der Waals surface area (Å²) in [5.74, 6) is -0.322. The maximum atomic E-state index is 13.2. The number of aromatic nitrogens is 3. The van der Waals surface area contributed by atoms with E-state index in [0.717, 1.165) is 22.3 Å². The van der Waals surface area contributed by atoms with E-state index in [-0.39, 0.29) is 23.7 Å². The van der Waals surface area contributed by atoms with Crippen LogP contribution in [0.4, 0.5) is 11.5 Å². The van der Waals surface area contributed by atoms with E-state index in [9.17, 15) is 9.59 Å². The van der Waals surface area contributed by atoms with Gasteiger partial charge in [-0.25, -0.2) is 4.98 Å². The van der Waals surface area contributed by atoms with E-state index in [4.69, 9.17) is 11.5 Å². The molecule has 0 radical (unpaired) electrons. The van der Waals surface area contributed by atoms with Crippen molar-refractivity contribution in [1.82, 2.24) is 25.0 Å². The molecule has 1 atom stereocenters. The first-order valence-electron chi connectivity index (χ1n) is 11.7. The molecule has 9 heteroatoms. The highest BCUT2D eigenvalue weighted by atomic mass is 16.2. The van der Waals surface area contributed by atoms with Crippen LogP contribution in [0, 0.1) is 0 Å². The van der Waals surface area contributed by atoms with Crippen molar-refractivity contribution in [3.63, 3.8) is 0 Å². The Morgan fingerprint density at radius 3 is 2.47 bits per heavy atom. The van der Waals surface area contributed by atoms with E-state index in [0.29, 0.717) is 36.3 Å². The van der Waals surface area contributed by atoms with Gasteiger partial charge in [0.1, 0.15) is 5.82 Å². The van der Waals surface area contributed by atoms with Crippen molar-refractivity contribution in [1.29, 1.82) is 0 Å². The van der Waals surface area contributed by atoms with Gasteiger partial charge in [0.15, 0.2) is 0 Å². The summed E-state index contributed by atoms with van der Waals surface area (Å²) in [5, 5.41) is 7.16. The third-order valence-corrected chi connectivity index (χ3v) is 6.40. The first-order chi connectivity index (χ1) is 17.4. The Morgan fingerprint density at radius 2 is 1.75 bits per heavy atom. The summed E-state index contributed by atoms with van der Waals surface area (Å²) in [5.41, 5.74) is 17.0. The van der Waals surface area contributed by atoms with Crippen LogP contribution >= 0.6 is 0 Å². The quantitative estimate of drug-likeness (QED) is 0.376. The fraction of sp³-hybridized carbons (Fsp3) is 0.185. The summed E-state index contributed by atoms with van der Waals surface area (Å²) in [6, 6.07) is 16.9. The molecule has 1 saturated heterocycles. The molecule has 2 amide bonds. The molecule has 0 spiro atoms. The van der Waals surface area contributed by atoms with E-state index < -0.39 is 0 Å². The molecule has 1 aliphatic rings. The van der Waals surface area contributed by atoms with E-state index in [1.807, 2.05) is 55.7 Å². The van der Waals surface area contributed by atoms with Crippen LogP contribution in [0.1, 0.15) is 27.1 Å². The van der Waals surface area contributed by atoms with Crippen LogP contribution in [-0.2, 0) is 7.05 Å². The molecule has 1 aliphatic heterocycles. The summed E-state index contributed by atoms with van der Waals surface area (Å²) in [6.07, 6.45) is 5.79. The normalized spacial score (nSPS) is 15.1. The second-order valence-electron chi connectivity index (χ2n) is 8.94. The number of carbonyl (C=O) groups is 2. The van der Waals surface area contributed by atoms with Crippen molar-refractivity contribution in [3.8, 4) is 22.3 Å². The number of aryl methyl sites for hydroxylation is 1. The molecule has 1 fully saturated rings. The number of nitrogen functional groups attached to an aromatic ring is 2. The average molecular weight is 482 g/mol. The van der Waals surface area contributed by atoms with Gasteiger partial charge in [-0.3, -0.25) is 14.3 Å². The minimum absolute atomic E-state index is 0.149. The topological polar surface area (TPSA) is 132 Å². The molecule has 9 nitrogen and oxygen atoms in total. The third-order valence-electron chi connectivity index (χ3n) is 6.40. The van der Waals surface area contributed by atoms with Crippen LogP contribution in [0.2, 0.25) is 0 Å². The van der Waals surface area contributed by atoms with Gasteiger partial charge in [0.25, 0.3) is 11.8 Å². The fourth-order valence-corrected chi connectivity index (χ4v) is 4.45. The monoisotopic (exact) mass is 481 g/mol. The standard InChI is InChI=1S/C27H27N7O2/c1-33-15-20(14-31-33)19-11-23(25(29)30-13-19)26(35)32-21-9-10-34(16-21)27(36)22-8-7-18(12-24(22)28)17-5-3-2-4-6-17/h2-8,11-15,21H,9-10,16,28H2,1H3,(H2,29,30)(H,32,35)/t21-/m1/s1. The lowest BCUT2D eigenvalue weighted by molar-refractivity contribution is 0.0784. The highest BCUT2D eigenvalue weighted by molar-refractivity contribution is 6.01. The van der Waals surface area contributed by atoms with Gasteiger partial charge < -0.3 is 21.7 Å². The number of nitrogens with two attached hydrogens (primary N) is 2. The molecular formula is C27H27N7O2. The van der Waals surface area contributed by atoms with Crippen LogP contribution in [0.5, 0.6) is 0 Å². The molecule has 36 heavy (non-hydrogen) atoms. The molecule has 5 rings (SSSR count). The highest BCUT2D eigenvalue weighted by Crippen LogP contribution is 2.26. The predicted molar refractivity (Wildman–Crippen MR) is 139 cm³/mol. The van der Waals surface area contributed by atoms with Crippen LogP contribution in [0.3, 0.4) is 0 Å². The number of nitrogens with zero attached hydrogens (tertiary/aromatic N) is 4. The first-order valence-corrected chi connectivity index (χ1v) is 11.7. The largest absolute Gasteiger partial charge is 0.398 e. The number of pyridine rings is 1. The second kappa shape index (κ2) is 9.53. The second-order valence-corrected chi connectivity index (χ2v) is 8.94. The van der Waals surface area contributed by atoms with E-state index >= 15 is 0 Å². The van der Waals surface area contributed by atoms with Gasteiger partial charge in [0.05, 0.1) is 17.3 Å². The van der Waals surface area contributed by atoms with Gasteiger partial charge in [0.2, 0.25) is 0 Å². The van der Waals surface area contributed by atoms with Crippen molar-refractivity contribution in [3.05, 3.63) is 84.3 Å². The zero-order chi connectivity index (χ0) is 25.2. The molecule has 5 N–H and O–H groups in total. The van der Waals surface area contributed by atoms with Gasteiger partial charge in [-0.15, -0.1) is 0 Å². The maximum absolute atomic E-state index is 13.2. The average Bonchev–Trinajstić information content (AvgIpc) is 3.53. The van der Waals surface area contributed by atoms with Crippen molar-refractivity contribution in [2.75, 3.05) is 24.6 Å². The van der Waals surface area contributed by atoms with Crippen molar-refractivity contribution in [2.24, 2.45) is 7.05 Å². The molecule has 0 saturated carbocycles. The Hall–Kier alpha value is -4.66. The molecule has 0 unspecified atom stereocenters. The Balaban J connectivity index is 1.25. The van der Waals surface area contributed by atoms with E-state index in [1.165, 1.54) is 0 Å². The number of hydrogen-bond donors (Lipinski definition) is 3. The molecule has 2 aromatic heterocycles. The Kier molecular flexibility index (Phi) is 6.12. The Morgan fingerprint density at radius 1 is 0.944 bits per heavy atom. The van der Waals surface area contributed by atoms with Gasteiger partial charge in [0, 0.05) is 55.4 Å². The van der Waals surface area contributed by atoms with Crippen LogP contribution in [0.25, 0.3) is 22.3 Å². The number of carbonyl (C=O) groups excluding carboxylic acids is 2. The molecule has 0 bridgehead atoms. The molecule has 182 valence electrons.